The molecule has 0 unspecified atom stereocenters. The highest BCUT2D eigenvalue weighted by Crippen LogP contribution is 2.58. The fourth-order valence-electron chi connectivity index (χ4n) is 2.25. The molecule has 0 heterocycles. The van der Waals surface area contributed by atoms with Gasteiger partial charge in [-0.15, -0.1) is 7.92 Å². The summed E-state index contributed by atoms with van der Waals surface area (Å²) in [5.74, 6) is 0. The minimum atomic E-state index is 0.493. The molecule has 2 rings (SSSR count). The van der Waals surface area contributed by atoms with Crippen LogP contribution >= 0.6 is 7.92 Å². The number of rotatable bonds is 3. The standard InChI is InChI=1S/C10H19P/c1-2-11(9-5-3-6-9)10-7-4-8-10/h9-10H,2-8H2,1H3. The van der Waals surface area contributed by atoms with Crippen LogP contribution in [0.4, 0.5) is 0 Å². The van der Waals surface area contributed by atoms with Crippen LogP contribution in [0.5, 0.6) is 0 Å². The predicted octanol–water partition coefficient (Wildman–Crippen LogP) is 3.59. The molecule has 0 amide bonds. The van der Waals surface area contributed by atoms with Crippen molar-refractivity contribution < 1.29 is 0 Å². The molecule has 0 aromatic carbocycles. The van der Waals surface area contributed by atoms with Crippen LogP contribution in [-0.2, 0) is 0 Å². The molecule has 0 radical (unpaired) electrons. The predicted molar refractivity (Wildman–Crippen MR) is 52.7 cm³/mol. The van der Waals surface area contributed by atoms with Crippen molar-refractivity contribution in [3.8, 4) is 0 Å². The molecule has 64 valence electrons. The molecule has 0 nitrogen and oxygen atoms in total. The van der Waals surface area contributed by atoms with E-state index in [1.165, 1.54) is 30.3 Å². The van der Waals surface area contributed by atoms with Gasteiger partial charge >= 0.3 is 0 Å². The van der Waals surface area contributed by atoms with Gasteiger partial charge in [0, 0.05) is 0 Å². The fraction of sp³-hybridized carbons (Fsp3) is 1.00. The van der Waals surface area contributed by atoms with E-state index in [0.29, 0.717) is 7.92 Å². The number of hydrogen-bond acceptors (Lipinski definition) is 0. The Bertz CT molecular complexity index is 111. The average Bonchev–Trinajstić information content (AvgIpc) is 1.78. The van der Waals surface area contributed by atoms with Gasteiger partial charge in [0.05, 0.1) is 0 Å². The van der Waals surface area contributed by atoms with Crippen LogP contribution in [0.3, 0.4) is 0 Å². The zero-order valence-electron chi connectivity index (χ0n) is 7.55. The van der Waals surface area contributed by atoms with Crippen molar-refractivity contribution in [1.29, 1.82) is 0 Å². The summed E-state index contributed by atoms with van der Waals surface area (Å²) in [5.41, 5.74) is 2.42. The molecule has 0 N–H and O–H groups in total. The van der Waals surface area contributed by atoms with E-state index in [1.807, 2.05) is 0 Å². The Morgan fingerprint density at radius 2 is 1.45 bits per heavy atom. The van der Waals surface area contributed by atoms with Crippen molar-refractivity contribution in [3.63, 3.8) is 0 Å². The zero-order valence-corrected chi connectivity index (χ0v) is 8.45. The van der Waals surface area contributed by atoms with Crippen molar-refractivity contribution >= 4 is 7.92 Å². The van der Waals surface area contributed by atoms with Gasteiger partial charge in [0.25, 0.3) is 0 Å². The van der Waals surface area contributed by atoms with Crippen molar-refractivity contribution in [3.05, 3.63) is 0 Å². The lowest BCUT2D eigenvalue weighted by molar-refractivity contribution is 0.475. The first-order chi connectivity index (χ1) is 5.42. The Morgan fingerprint density at radius 1 is 1.00 bits per heavy atom. The maximum atomic E-state index is 2.42. The molecule has 2 aliphatic rings. The van der Waals surface area contributed by atoms with E-state index in [1.54, 1.807) is 25.7 Å². The van der Waals surface area contributed by atoms with Gasteiger partial charge in [-0.3, -0.25) is 0 Å². The Morgan fingerprint density at radius 3 is 1.64 bits per heavy atom. The lowest BCUT2D eigenvalue weighted by atomic mass is 9.99. The molecule has 1 heteroatoms. The highest BCUT2D eigenvalue weighted by molar-refractivity contribution is 7.59. The molecule has 0 saturated heterocycles. The smallest absolute Gasteiger partial charge is 0.0207 e. The van der Waals surface area contributed by atoms with Crippen molar-refractivity contribution in [2.75, 3.05) is 6.16 Å². The van der Waals surface area contributed by atoms with E-state index in [2.05, 4.69) is 6.92 Å². The van der Waals surface area contributed by atoms with Gasteiger partial charge in [0.1, 0.15) is 0 Å². The Balaban J connectivity index is 1.83. The van der Waals surface area contributed by atoms with Gasteiger partial charge in [-0.05, 0) is 43.2 Å². The quantitative estimate of drug-likeness (QED) is 0.568. The second kappa shape index (κ2) is 3.44. The van der Waals surface area contributed by atoms with E-state index >= 15 is 0 Å². The maximum Gasteiger partial charge on any atom is -0.0207 e. The molecule has 0 aromatic rings. The monoisotopic (exact) mass is 170 g/mol. The maximum absolute atomic E-state index is 2.42. The van der Waals surface area contributed by atoms with Gasteiger partial charge in [-0.2, -0.15) is 0 Å². The van der Waals surface area contributed by atoms with Gasteiger partial charge < -0.3 is 0 Å². The normalized spacial score (nSPS) is 26.7. The van der Waals surface area contributed by atoms with Crippen LogP contribution in [0.1, 0.15) is 45.4 Å². The van der Waals surface area contributed by atoms with Gasteiger partial charge in [-0.25, -0.2) is 0 Å². The molecule has 0 aliphatic heterocycles. The second-order valence-corrected chi connectivity index (χ2v) is 7.12. The first kappa shape index (κ1) is 8.05. The molecular weight excluding hydrogens is 151 g/mol. The highest BCUT2D eigenvalue weighted by Gasteiger charge is 2.33. The summed E-state index contributed by atoms with van der Waals surface area (Å²) in [6.45, 7) is 2.42. The molecule has 2 saturated carbocycles. The molecule has 0 atom stereocenters. The molecule has 2 aliphatic carbocycles. The van der Waals surface area contributed by atoms with Crippen molar-refractivity contribution in [2.24, 2.45) is 0 Å². The minimum Gasteiger partial charge on any atom is -0.101 e. The van der Waals surface area contributed by atoms with E-state index in [4.69, 9.17) is 0 Å². The van der Waals surface area contributed by atoms with Gasteiger partial charge in [0.2, 0.25) is 0 Å². The summed E-state index contributed by atoms with van der Waals surface area (Å²) in [5, 5.41) is 0. The van der Waals surface area contributed by atoms with E-state index in [9.17, 15) is 0 Å². The third-order valence-electron chi connectivity index (χ3n) is 3.45. The summed E-state index contributed by atoms with van der Waals surface area (Å²) >= 11 is 0. The molecular formula is C10H19P. The molecule has 0 spiro atoms. The Hall–Kier alpha value is 0.430. The molecule has 0 aromatic heterocycles. The lowest BCUT2D eigenvalue weighted by Crippen LogP contribution is -2.26. The molecule has 0 bridgehead atoms. The summed E-state index contributed by atoms with van der Waals surface area (Å²) in [4.78, 5) is 0. The van der Waals surface area contributed by atoms with Crippen LogP contribution in [0.25, 0.3) is 0 Å². The largest absolute Gasteiger partial charge is 0.101 e. The Kier molecular flexibility index (Phi) is 2.51. The lowest BCUT2D eigenvalue weighted by Gasteiger charge is -2.42. The van der Waals surface area contributed by atoms with Crippen molar-refractivity contribution in [2.45, 2.75) is 56.8 Å². The van der Waals surface area contributed by atoms with Crippen molar-refractivity contribution in [1.82, 2.24) is 0 Å². The van der Waals surface area contributed by atoms with Gasteiger partial charge in [0.15, 0.2) is 0 Å². The minimum absolute atomic E-state index is 0.493. The molecule has 2 fully saturated rings. The Labute approximate surface area is 71.5 Å². The SMILES string of the molecule is CCP(C1CCC1)C1CCC1. The third-order valence-corrected chi connectivity index (χ3v) is 7.09. The van der Waals surface area contributed by atoms with Crippen LogP contribution < -0.4 is 0 Å². The van der Waals surface area contributed by atoms with E-state index in [0.717, 1.165) is 0 Å². The first-order valence-electron chi connectivity index (χ1n) is 5.17. The average molecular weight is 170 g/mol. The van der Waals surface area contributed by atoms with Crippen LogP contribution in [0.15, 0.2) is 0 Å². The summed E-state index contributed by atoms with van der Waals surface area (Å²) in [6.07, 6.45) is 10.9. The van der Waals surface area contributed by atoms with E-state index in [-0.39, 0.29) is 0 Å². The van der Waals surface area contributed by atoms with Crippen LogP contribution in [-0.4, -0.2) is 17.5 Å². The first-order valence-corrected chi connectivity index (χ1v) is 6.84. The fourth-order valence-corrected chi connectivity index (χ4v) is 5.94. The molecule has 11 heavy (non-hydrogen) atoms. The number of hydrogen-bond donors (Lipinski definition) is 0. The van der Waals surface area contributed by atoms with E-state index < -0.39 is 0 Å². The highest BCUT2D eigenvalue weighted by atomic mass is 31.1. The third kappa shape index (κ3) is 1.47. The summed E-state index contributed by atoms with van der Waals surface area (Å²) in [6, 6.07) is 0. The topological polar surface area (TPSA) is 0 Å². The summed E-state index contributed by atoms with van der Waals surface area (Å²) in [7, 11) is 0.493. The second-order valence-electron chi connectivity index (χ2n) is 4.00. The van der Waals surface area contributed by atoms with Crippen LogP contribution in [0, 0.1) is 0 Å². The summed E-state index contributed by atoms with van der Waals surface area (Å²) < 4.78 is 0. The van der Waals surface area contributed by atoms with Crippen LogP contribution in [0.2, 0.25) is 0 Å². The van der Waals surface area contributed by atoms with Gasteiger partial charge in [-0.1, -0.05) is 19.8 Å². The zero-order chi connectivity index (χ0) is 7.68.